The molecule has 1 N–H and O–H groups in total. The number of benzene rings is 1. The molecule has 1 unspecified atom stereocenters. The van der Waals surface area contributed by atoms with Crippen LogP contribution in [0, 0.1) is 5.92 Å². The Kier molecular flexibility index (Phi) is 6.05. The molecule has 2 heterocycles. The molecule has 2 aliphatic rings. The number of nitrogens with one attached hydrogen (secondary N) is 1. The fraction of sp³-hybridized carbons (Fsp3) is 0.667. The van der Waals surface area contributed by atoms with Gasteiger partial charge < -0.3 is 14.6 Å². The zero-order valence-electron chi connectivity index (χ0n) is 18.9. The minimum Gasteiger partial charge on any atom is -0.444 e. The molecule has 164 valence electrons. The van der Waals surface area contributed by atoms with E-state index in [1.807, 2.05) is 20.8 Å². The Balaban J connectivity index is 1.60. The molecule has 6 heteroatoms. The van der Waals surface area contributed by atoms with E-state index in [9.17, 15) is 4.79 Å². The number of hydrogen-bond acceptors (Lipinski definition) is 4. The maximum absolute atomic E-state index is 12.5. The SMILES string of the molecule is Cn1c(C(CCC2CC2)NC(=O)OC(C)(C)C)nc2c(CN3CCCC3)cccc21. The average molecular weight is 413 g/mol. The zero-order valence-corrected chi connectivity index (χ0v) is 18.9. The van der Waals surface area contributed by atoms with Crippen molar-refractivity contribution in [1.29, 1.82) is 0 Å². The molecule has 4 rings (SSSR count). The molecule has 1 saturated carbocycles. The van der Waals surface area contributed by atoms with Crippen molar-refractivity contribution in [2.45, 2.75) is 77.5 Å². The number of aryl methyl sites for hydroxylation is 1. The van der Waals surface area contributed by atoms with Gasteiger partial charge in [-0.2, -0.15) is 0 Å². The minimum absolute atomic E-state index is 0.141. The van der Waals surface area contributed by atoms with Gasteiger partial charge >= 0.3 is 6.09 Å². The number of fused-ring (bicyclic) bond motifs is 1. The number of rotatable bonds is 7. The molecule has 1 aromatic carbocycles. The van der Waals surface area contributed by atoms with Gasteiger partial charge in [0.2, 0.25) is 0 Å². The third-order valence-electron chi connectivity index (χ3n) is 6.19. The smallest absolute Gasteiger partial charge is 0.408 e. The van der Waals surface area contributed by atoms with Crippen molar-refractivity contribution in [3.8, 4) is 0 Å². The molecule has 1 amide bonds. The van der Waals surface area contributed by atoms with Crippen LogP contribution in [0.5, 0.6) is 0 Å². The van der Waals surface area contributed by atoms with E-state index in [4.69, 9.17) is 9.72 Å². The molecule has 1 atom stereocenters. The summed E-state index contributed by atoms with van der Waals surface area (Å²) in [4.78, 5) is 20.1. The normalized spacial score (nSPS) is 18.7. The van der Waals surface area contributed by atoms with Crippen LogP contribution in [-0.2, 0) is 18.3 Å². The number of likely N-dealkylation sites (tertiary alicyclic amines) is 1. The molecule has 1 aliphatic carbocycles. The number of amides is 1. The lowest BCUT2D eigenvalue weighted by Gasteiger charge is -2.23. The lowest BCUT2D eigenvalue weighted by molar-refractivity contribution is 0.0497. The summed E-state index contributed by atoms with van der Waals surface area (Å²) in [5.41, 5.74) is 2.95. The summed E-state index contributed by atoms with van der Waals surface area (Å²) in [5, 5.41) is 3.11. The number of para-hydroxylation sites is 1. The second kappa shape index (κ2) is 8.58. The van der Waals surface area contributed by atoms with Gasteiger partial charge in [-0.25, -0.2) is 9.78 Å². The van der Waals surface area contributed by atoms with E-state index in [1.165, 1.54) is 44.3 Å². The van der Waals surface area contributed by atoms with Crippen molar-refractivity contribution >= 4 is 17.1 Å². The van der Waals surface area contributed by atoms with Gasteiger partial charge in [-0.3, -0.25) is 4.90 Å². The molecule has 0 bridgehead atoms. The number of carbonyl (C=O) groups is 1. The molecule has 1 aliphatic heterocycles. The Hall–Kier alpha value is -2.08. The second-order valence-electron chi connectivity index (χ2n) is 10.0. The lowest BCUT2D eigenvalue weighted by atomic mass is 10.1. The summed E-state index contributed by atoms with van der Waals surface area (Å²) < 4.78 is 7.70. The Morgan fingerprint density at radius 2 is 2.00 bits per heavy atom. The van der Waals surface area contributed by atoms with Gasteiger partial charge in [0.15, 0.2) is 0 Å². The summed E-state index contributed by atoms with van der Waals surface area (Å²) in [7, 11) is 2.06. The molecule has 6 nitrogen and oxygen atoms in total. The van der Waals surface area contributed by atoms with Crippen LogP contribution in [0.1, 0.15) is 76.7 Å². The molecule has 2 fully saturated rings. The predicted molar refractivity (Wildman–Crippen MR) is 119 cm³/mol. The van der Waals surface area contributed by atoms with Crippen LogP contribution >= 0.6 is 0 Å². The summed E-state index contributed by atoms with van der Waals surface area (Å²) >= 11 is 0. The first-order chi connectivity index (χ1) is 14.3. The number of hydrogen-bond donors (Lipinski definition) is 1. The van der Waals surface area contributed by atoms with Crippen molar-refractivity contribution in [3.63, 3.8) is 0 Å². The zero-order chi connectivity index (χ0) is 21.3. The summed E-state index contributed by atoms with van der Waals surface area (Å²) in [6.07, 6.45) is 6.82. The van der Waals surface area contributed by atoms with E-state index in [0.29, 0.717) is 0 Å². The van der Waals surface area contributed by atoms with Crippen LogP contribution in [0.25, 0.3) is 11.0 Å². The van der Waals surface area contributed by atoms with E-state index >= 15 is 0 Å². The van der Waals surface area contributed by atoms with Crippen LogP contribution < -0.4 is 5.32 Å². The number of nitrogens with zero attached hydrogens (tertiary/aromatic N) is 3. The number of ether oxygens (including phenoxy) is 1. The quantitative estimate of drug-likeness (QED) is 0.701. The first kappa shape index (κ1) is 21.2. The summed E-state index contributed by atoms with van der Waals surface area (Å²) in [6.45, 7) is 8.96. The number of carbonyl (C=O) groups excluding carboxylic acids is 1. The molecule has 30 heavy (non-hydrogen) atoms. The Morgan fingerprint density at radius 3 is 2.67 bits per heavy atom. The predicted octanol–water partition coefficient (Wildman–Crippen LogP) is 4.93. The van der Waals surface area contributed by atoms with E-state index in [1.54, 1.807) is 0 Å². The average Bonchev–Trinajstić information content (AvgIpc) is 3.24. The molecule has 2 aromatic rings. The topological polar surface area (TPSA) is 59.4 Å². The van der Waals surface area contributed by atoms with Crippen molar-refractivity contribution < 1.29 is 9.53 Å². The first-order valence-electron chi connectivity index (χ1n) is 11.5. The molecule has 1 aromatic heterocycles. The van der Waals surface area contributed by atoms with Crippen molar-refractivity contribution in [2.24, 2.45) is 13.0 Å². The first-order valence-corrected chi connectivity index (χ1v) is 11.5. The van der Waals surface area contributed by atoms with Gasteiger partial charge in [0.1, 0.15) is 11.4 Å². The Bertz CT molecular complexity index is 888. The van der Waals surface area contributed by atoms with Gasteiger partial charge in [-0.1, -0.05) is 25.0 Å². The summed E-state index contributed by atoms with van der Waals surface area (Å²) in [5.74, 6) is 1.72. The fourth-order valence-electron chi connectivity index (χ4n) is 4.44. The third-order valence-corrected chi connectivity index (χ3v) is 6.19. The monoisotopic (exact) mass is 412 g/mol. The van der Waals surface area contributed by atoms with Gasteiger partial charge in [0.25, 0.3) is 0 Å². The highest BCUT2D eigenvalue weighted by Gasteiger charge is 2.28. The molecule has 1 saturated heterocycles. The molecular formula is C24H36N4O2. The van der Waals surface area contributed by atoms with E-state index in [2.05, 4.69) is 40.0 Å². The molecular weight excluding hydrogens is 376 g/mol. The van der Waals surface area contributed by atoms with E-state index in [-0.39, 0.29) is 12.1 Å². The van der Waals surface area contributed by atoms with Crippen LogP contribution in [0.15, 0.2) is 18.2 Å². The number of aromatic nitrogens is 2. The highest BCUT2D eigenvalue weighted by molar-refractivity contribution is 5.80. The van der Waals surface area contributed by atoms with Crippen molar-refractivity contribution in [1.82, 2.24) is 19.8 Å². The number of alkyl carbamates (subject to hydrolysis) is 1. The second-order valence-corrected chi connectivity index (χ2v) is 10.0. The van der Waals surface area contributed by atoms with Crippen LogP contribution in [0.2, 0.25) is 0 Å². The molecule has 0 radical (unpaired) electrons. The third kappa shape index (κ3) is 5.15. The van der Waals surface area contributed by atoms with Crippen LogP contribution in [0.4, 0.5) is 4.79 Å². The van der Waals surface area contributed by atoms with Crippen molar-refractivity contribution in [2.75, 3.05) is 13.1 Å². The Labute approximate surface area is 180 Å². The largest absolute Gasteiger partial charge is 0.444 e. The standard InChI is InChI=1S/C24H36N4O2/c1-24(2,3)30-23(29)25-19(13-12-17-10-11-17)22-26-21-18(16-28-14-5-6-15-28)8-7-9-20(21)27(22)4/h7-9,17,19H,5-6,10-16H2,1-4H3,(H,25,29). The van der Waals surface area contributed by atoms with E-state index < -0.39 is 5.60 Å². The minimum atomic E-state index is -0.514. The van der Waals surface area contributed by atoms with Crippen LogP contribution in [0.3, 0.4) is 0 Å². The van der Waals surface area contributed by atoms with Gasteiger partial charge in [-0.05, 0) is 77.1 Å². The molecule has 0 spiro atoms. The summed E-state index contributed by atoms with van der Waals surface area (Å²) in [6, 6.07) is 6.31. The van der Waals surface area contributed by atoms with Gasteiger partial charge in [0, 0.05) is 13.6 Å². The van der Waals surface area contributed by atoms with Crippen molar-refractivity contribution in [3.05, 3.63) is 29.6 Å². The highest BCUT2D eigenvalue weighted by Crippen LogP contribution is 2.36. The maximum atomic E-state index is 12.5. The Morgan fingerprint density at radius 1 is 1.27 bits per heavy atom. The van der Waals surface area contributed by atoms with Gasteiger partial charge in [-0.15, -0.1) is 0 Å². The lowest BCUT2D eigenvalue weighted by Crippen LogP contribution is -2.36. The maximum Gasteiger partial charge on any atom is 0.408 e. The van der Waals surface area contributed by atoms with Gasteiger partial charge in [0.05, 0.1) is 17.1 Å². The fourth-order valence-corrected chi connectivity index (χ4v) is 4.44. The van der Waals surface area contributed by atoms with E-state index in [0.717, 1.165) is 42.2 Å². The van der Waals surface area contributed by atoms with Crippen LogP contribution in [-0.4, -0.2) is 39.2 Å². The highest BCUT2D eigenvalue weighted by atomic mass is 16.6. The number of imidazole rings is 1.